The van der Waals surface area contributed by atoms with E-state index in [-0.39, 0.29) is 17.6 Å². The number of fused-ring (bicyclic) bond motifs is 1. The quantitative estimate of drug-likeness (QED) is 0.715. The Morgan fingerprint density at radius 3 is 2.86 bits per heavy atom. The van der Waals surface area contributed by atoms with Gasteiger partial charge in [-0.25, -0.2) is 9.37 Å². The summed E-state index contributed by atoms with van der Waals surface area (Å²) in [5.41, 5.74) is 2.94. The second-order valence-electron chi connectivity index (χ2n) is 8.98. The lowest BCUT2D eigenvalue weighted by Gasteiger charge is -2.37. The zero-order chi connectivity index (χ0) is 19.8. The highest BCUT2D eigenvalue weighted by atomic mass is 19.1. The number of H-pyrrole nitrogens is 1. The summed E-state index contributed by atoms with van der Waals surface area (Å²) in [7, 11) is 0. The van der Waals surface area contributed by atoms with Crippen molar-refractivity contribution in [2.75, 3.05) is 6.54 Å². The molecule has 2 aromatic rings. The zero-order valence-corrected chi connectivity index (χ0v) is 17.0. The van der Waals surface area contributed by atoms with Gasteiger partial charge >= 0.3 is 0 Å². The van der Waals surface area contributed by atoms with Gasteiger partial charge in [0.15, 0.2) is 0 Å². The van der Waals surface area contributed by atoms with E-state index in [2.05, 4.69) is 42.1 Å². The fourth-order valence-electron chi connectivity index (χ4n) is 4.58. The molecule has 1 aromatic heterocycles. The van der Waals surface area contributed by atoms with E-state index in [0.29, 0.717) is 23.7 Å². The molecule has 2 N–H and O–H groups in total. The summed E-state index contributed by atoms with van der Waals surface area (Å²) in [4.78, 5) is 20.0. The van der Waals surface area contributed by atoms with Crippen LogP contribution in [0, 0.1) is 35.4 Å². The van der Waals surface area contributed by atoms with Crippen molar-refractivity contribution in [2.24, 2.45) is 29.6 Å². The molecular weight excluding hydrogens is 353 g/mol. The molecule has 0 radical (unpaired) electrons. The maximum atomic E-state index is 13.4. The lowest BCUT2D eigenvalue weighted by atomic mass is 9.69. The van der Waals surface area contributed by atoms with Gasteiger partial charge in [-0.1, -0.05) is 25.5 Å². The van der Waals surface area contributed by atoms with Gasteiger partial charge in [-0.15, -0.1) is 0 Å². The zero-order valence-electron chi connectivity index (χ0n) is 17.0. The lowest BCUT2D eigenvalue weighted by Crippen LogP contribution is -2.37. The average molecular weight is 384 g/mol. The largest absolute Gasteiger partial charge is 0.355 e. The van der Waals surface area contributed by atoms with Crippen LogP contribution in [0.3, 0.4) is 0 Å². The van der Waals surface area contributed by atoms with Crippen LogP contribution in [0.2, 0.25) is 0 Å². The first-order valence-electron chi connectivity index (χ1n) is 10.5. The maximum Gasteiger partial charge on any atom is 0.223 e. The van der Waals surface area contributed by atoms with Crippen LogP contribution in [0.4, 0.5) is 4.39 Å². The Balaban J connectivity index is 1.47. The SMILES string of the molecule is CC1=C[C@@H](CNC(=O)C2CC2)[C@H](C(C)C)C[C@H]1Cc1nc2ccc(F)cc2[nH]1. The highest BCUT2D eigenvalue weighted by Gasteiger charge is 2.34. The molecule has 1 amide bonds. The third-order valence-corrected chi connectivity index (χ3v) is 6.48. The number of aromatic nitrogens is 2. The standard InChI is InChI=1S/C23H30FN3O/c1-13(2)19-9-16(10-22-26-20-7-6-18(24)11-21(20)27-22)14(3)8-17(19)12-25-23(28)15-4-5-15/h6-8,11,13,15-17,19H,4-5,9-10,12H2,1-3H3,(H,25,28)(H,26,27)/t16-,17-,19-/m0/s1. The number of carbonyl (C=O) groups is 1. The summed E-state index contributed by atoms with van der Waals surface area (Å²) in [6.45, 7) is 7.48. The predicted octanol–water partition coefficient (Wildman–Crippen LogP) is 4.63. The van der Waals surface area contributed by atoms with Crippen LogP contribution in [0.5, 0.6) is 0 Å². The van der Waals surface area contributed by atoms with E-state index in [4.69, 9.17) is 0 Å². The number of benzene rings is 1. The van der Waals surface area contributed by atoms with E-state index in [1.54, 1.807) is 6.07 Å². The maximum absolute atomic E-state index is 13.4. The van der Waals surface area contributed by atoms with Crippen LogP contribution in [0.25, 0.3) is 11.0 Å². The van der Waals surface area contributed by atoms with Crippen molar-refractivity contribution in [3.8, 4) is 0 Å². The second-order valence-corrected chi connectivity index (χ2v) is 8.98. The minimum atomic E-state index is -0.243. The number of hydrogen-bond acceptors (Lipinski definition) is 2. The number of aromatic amines is 1. The molecule has 2 aliphatic rings. The first kappa shape index (κ1) is 19.2. The second kappa shape index (κ2) is 7.69. The number of carbonyl (C=O) groups excluding carboxylic acids is 1. The van der Waals surface area contributed by atoms with E-state index in [0.717, 1.165) is 49.1 Å². The number of amides is 1. The van der Waals surface area contributed by atoms with E-state index >= 15 is 0 Å². The number of nitrogens with one attached hydrogen (secondary N) is 2. The average Bonchev–Trinajstić information content (AvgIpc) is 3.42. The van der Waals surface area contributed by atoms with Gasteiger partial charge in [-0.05, 0) is 68.1 Å². The van der Waals surface area contributed by atoms with Crippen molar-refractivity contribution < 1.29 is 9.18 Å². The number of rotatable bonds is 6. The Morgan fingerprint density at radius 2 is 2.14 bits per heavy atom. The molecule has 4 rings (SSSR count). The van der Waals surface area contributed by atoms with Gasteiger partial charge in [0, 0.05) is 18.9 Å². The van der Waals surface area contributed by atoms with Gasteiger partial charge in [0.25, 0.3) is 0 Å². The fourth-order valence-corrected chi connectivity index (χ4v) is 4.58. The van der Waals surface area contributed by atoms with Crippen LogP contribution < -0.4 is 5.32 Å². The molecule has 1 fully saturated rings. The van der Waals surface area contributed by atoms with Crippen molar-refractivity contribution in [1.82, 2.24) is 15.3 Å². The van der Waals surface area contributed by atoms with Gasteiger partial charge in [0.2, 0.25) is 5.91 Å². The van der Waals surface area contributed by atoms with Crippen molar-refractivity contribution >= 4 is 16.9 Å². The Bertz CT molecular complexity index is 896. The summed E-state index contributed by atoms with van der Waals surface area (Å²) < 4.78 is 13.4. The molecule has 2 aliphatic carbocycles. The molecule has 0 spiro atoms. The number of halogens is 1. The minimum absolute atomic E-state index is 0.227. The highest BCUT2D eigenvalue weighted by Crippen LogP contribution is 2.39. The molecule has 0 unspecified atom stereocenters. The summed E-state index contributed by atoms with van der Waals surface area (Å²) in [6, 6.07) is 4.68. The molecule has 5 heteroatoms. The molecule has 150 valence electrons. The van der Waals surface area contributed by atoms with Crippen molar-refractivity contribution in [3.05, 3.63) is 41.5 Å². The Hall–Kier alpha value is -2.17. The summed E-state index contributed by atoms with van der Waals surface area (Å²) >= 11 is 0. The number of nitrogens with zero attached hydrogens (tertiary/aromatic N) is 1. The molecule has 1 heterocycles. The van der Waals surface area contributed by atoms with Crippen LogP contribution in [-0.4, -0.2) is 22.4 Å². The molecule has 1 saturated carbocycles. The van der Waals surface area contributed by atoms with Crippen LogP contribution >= 0.6 is 0 Å². The normalized spacial score (nSPS) is 25.2. The van der Waals surface area contributed by atoms with Crippen molar-refractivity contribution in [2.45, 2.75) is 46.5 Å². The Labute approximate surface area is 166 Å². The van der Waals surface area contributed by atoms with Crippen LogP contribution in [0.1, 0.15) is 45.9 Å². The van der Waals surface area contributed by atoms with Gasteiger partial charge < -0.3 is 10.3 Å². The van der Waals surface area contributed by atoms with E-state index in [1.807, 2.05) is 0 Å². The lowest BCUT2D eigenvalue weighted by molar-refractivity contribution is -0.122. The summed E-state index contributed by atoms with van der Waals surface area (Å²) in [5.74, 6) is 3.07. The first-order valence-corrected chi connectivity index (χ1v) is 10.5. The molecule has 28 heavy (non-hydrogen) atoms. The monoisotopic (exact) mass is 383 g/mol. The number of imidazole rings is 1. The van der Waals surface area contributed by atoms with E-state index in [9.17, 15) is 9.18 Å². The molecule has 1 aromatic carbocycles. The molecule has 4 nitrogen and oxygen atoms in total. The van der Waals surface area contributed by atoms with Crippen molar-refractivity contribution in [1.29, 1.82) is 0 Å². The Morgan fingerprint density at radius 1 is 1.36 bits per heavy atom. The third kappa shape index (κ3) is 4.13. The fraction of sp³-hybridized carbons (Fsp3) is 0.565. The van der Waals surface area contributed by atoms with Crippen LogP contribution in [-0.2, 0) is 11.2 Å². The Kier molecular flexibility index (Phi) is 5.26. The molecule has 3 atom stereocenters. The van der Waals surface area contributed by atoms with Gasteiger partial charge in [-0.3, -0.25) is 4.79 Å². The van der Waals surface area contributed by atoms with E-state index < -0.39 is 0 Å². The summed E-state index contributed by atoms with van der Waals surface area (Å²) in [6.07, 6.45) is 6.39. The van der Waals surface area contributed by atoms with Gasteiger partial charge in [-0.2, -0.15) is 0 Å². The van der Waals surface area contributed by atoms with Gasteiger partial charge in [0.1, 0.15) is 11.6 Å². The smallest absolute Gasteiger partial charge is 0.223 e. The number of hydrogen-bond donors (Lipinski definition) is 2. The van der Waals surface area contributed by atoms with Crippen molar-refractivity contribution in [3.63, 3.8) is 0 Å². The molecule has 0 bridgehead atoms. The number of allylic oxidation sites excluding steroid dienone is 1. The summed E-state index contributed by atoms with van der Waals surface area (Å²) in [5, 5.41) is 3.17. The third-order valence-electron chi connectivity index (χ3n) is 6.48. The molecular formula is C23H30FN3O. The van der Waals surface area contributed by atoms with Gasteiger partial charge in [0.05, 0.1) is 11.0 Å². The van der Waals surface area contributed by atoms with Crippen LogP contribution in [0.15, 0.2) is 29.8 Å². The minimum Gasteiger partial charge on any atom is -0.355 e. The molecule has 0 saturated heterocycles. The predicted molar refractivity (Wildman–Crippen MR) is 109 cm³/mol. The molecule has 0 aliphatic heterocycles. The highest BCUT2D eigenvalue weighted by molar-refractivity contribution is 5.80. The first-order chi connectivity index (χ1) is 13.4. The van der Waals surface area contributed by atoms with E-state index in [1.165, 1.54) is 17.7 Å². The topological polar surface area (TPSA) is 57.8 Å².